The first-order valence-corrected chi connectivity index (χ1v) is 9.93. The molecule has 0 bridgehead atoms. The maximum Gasteiger partial charge on any atom is 0.224 e. The van der Waals surface area contributed by atoms with Gasteiger partial charge >= 0.3 is 0 Å². The summed E-state index contributed by atoms with van der Waals surface area (Å²) in [5.74, 6) is 1.81. The van der Waals surface area contributed by atoms with Crippen LogP contribution in [-0.2, 0) is 10.0 Å². The number of aryl methyl sites for hydroxylation is 1. The van der Waals surface area contributed by atoms with Crippen molar-refractivity contribution < 1.29 is 13.2 Å². The topological polar surface area (TPSA) is 96.5 Å². The summed E-state index contributed by atoms with van der Waals surface area (Å²) in [4.78, 5) is 10.5. The lowest BCUT2D eigenvalue weighted by molar-refractivity contribution is 0.340. The third kappa shape index (κ3) is 6.85. The van der Waals surface area contributed by atoms with E-state index in [1.165, 1.54) is 0 Å². The standard InChI is InChI=1S/C17H25N5O3S/c1-14-13-16(22(2)3)21-17(20-14)18-9-10-19-26(23,24)12-11-25-15-7-5-4-6-8-15/h4-8,13,19H,9-12H2,1-3H3,(H,18,20,21). The van der Waals surface area contributed by atoms with E-state index in [2.05, 4.69) is 20.0 Å². The van der Waals surface area contributed by atoms with Crippen LogP contribution in [0.3, 0.4) is 0 Å². The minimum Gasteiger partial charge on any atom is -0.492 e. The van der Waals surface area contributed by atoms with E-state index in [0.717, 1.165) is 11.5 Å². The Morgan fingerprint density at radius 2 is 1.85 bits per heavy atom. The lowest BCUT2D eigenvalue weighted by atomic mass is 10.3. The highest BCUT2D eigenvalue weighted by atomic mass is 32.2. The molecule has 26 heavy (non-hydrogen) atoms. The molecule has 1 aromatic carbocycles. The second-order valence-electron chi connectivity index (χ2n) is 5.89. The fourth-order valence-electron chi connectivity index (χ4n) is 2.10. The number of nitrogens with one attached hydrogen (secondary N) is 2. The number of benzene rings is 1. The highest BCUT2D eigenvalue weighted by Gasteiger charge is 2.10. The van der Waals surface area contributed by atoms with Gasteiger partial charge in [0.2, 0.25) is 16.0 Å². The van der Waals surface area contributed by atoms with Crippen LogP contribution in [0.2, 0.25) is 0 Å². The van der Waals surface area contributed by atoms with Crippen LogP contribution in [0.4, 0.5) is 11.8 Å². The van der Waals surface area contributed by atoms with Gasteiger partial charge in [0, 0.05) is 38.9 Å². The predicted octanol–water partition coefficient (Wildman–Crippen LogP) is 1.26. The van der Waals surface area contributed by atoms with Gasteiger partial charge in [-0.25, -0.2) is 18.1 Å². The minimum atomic E-state index is -3.40. The van der Waals surface area contributed by atoms with Crippen molar-refractivity contribution in [2.24, 2.45) is 0 Å². The molecule has 0 spiro atoms. The molecule has 9 heteroatoms. The summed E-state index contributed by atoms with van der Waals surface area (Å²) in [6, 6.07) is 11.0. The van der Waals surface area contributed by atoms with Gasteiger partial charge in [-0.05, 0) is 19.1 Å². The van der Waals surface area contributed by atoms with Gasteiger partial charge < -0.3 is 15.0 Å². The second kappa shape index (κ2) is 9.35. The predicted molar refractivity (Wildman–Crippen MR) is 103 cm³/mol. The normalized spacial score (nSPS) is 11.2. The Kier molecular flexibility index (Phi) is 7.16. The van der Waals surface area contributed by atoms with Crippen LogP contribution in [0, 0.1) is 6.92 Å². The number of aromatic nitrogens is 2. The lowest BCUT2D eigenvalue weighted by Crippen LogP contribution is -2.33. The molecule has 1 aromatic heterocycles. The number of nitrogens with zero attached hydrogens (tertiary/aromatic N) is 3. The lowest BCUT2D eigenvalue weighted by Gasteiger charge is -2.14. The first-order chi connectivity index (χ1) is 12.4. The Bertz CT molecular complexity index is 797. The molecule has 0 aliphatic rings. The van der Waals surface area contributed by atoms with E-state index in [1.807, 2.05) is 50.2 Å². The van der Waals surface area contributed by atoms with Crippen LogP contribution in [0.25, 0.3) is 0 Å². The average Bonchev–Trinajstić information content (AvgIpc) is 2.59. The number of para-hydroxylation sites is 1. The molecular weight excluding hydrogens is 354 g/mol. The summed E-state index contributed by atoms with van der Waals surface area (Å²) in [5.41, 5.74) is 0.838. The molecule has 2 aromatic rings. The van der Waals surface area contributed by atoms with Crippen molar-refractivity contribution in [1.29, 1.82) is 0 Å². The summed E-state index contributed by atoms with van der Waals surface area (Å²) < 4.78 is 31.9. The van der Waals surface area contributed by atoms with Gasteiger partial charge in [0.15, 0.2) is 0 Å². The van der Waals surface area contributed by atoms with Crippen LogP contribution in [-0.4, -0.2) is 57.9 Å². The van der Waals surface area contributed by atoms with Gasteiger partial charge in [0.1, 0.15) is 18.2 Å². The van der Waals surface area contributed by atoms with E-state index in [4.69, 9.17) is 4.74 Å². The zero-order valence-electron chi connectivity index (χ0n) is 15.3. The van der Waals surface area contributed by atoms with Crippen molar-refractivity contribution in [1.82, 2.24) is 14.7 Å². The molecule has 2 N–H and O–H groups in total. The van der Waals surface area contributed by atoms with E-state index in [0.29, 0.717) is 18.2 Å². The first-order valence-electron chi connectivity index (χ1n) is 8.28. The van der Waals surface area contributed by atoms with Crippen LogP contribution >= 0.6 is 0 Å². The van der Waals surface area contributed by atoms with Crippen molar-refractivity contribution in [3.8, 4) is 5.75 Å². The molecule has 2 rings (SSSR count). The van der Waals surface area contributed by atoms with Crippen molar-refractivity contribution in [2.75, 3.05) is 49.8 Å². The Hall–Kier alpha value is -2.39. The molecule has 8 nitrogen and oxygen atoms in total. The number of hydrogen-bond donors (Lipinski definition) is 2. The summed E-state index contributed by atoms with van der Waals surface area (Å²) in [5, 5.41) is 3.03. The highest BCUT2D eigenvalue weighted by Crippen LogP contribution is 2.11. The smallest absolute Gasteiger partial charge is 0.224 e. The molecule has 0 aliphatic heterocycles. The van der Waals surface area contributed by atoms with E-state index in [1.54, 1.807) is 12.1 Å². The van der Waals surface area contributed by atoms with E-state index in [9.17, 15) is 8.42 Å². The second-order valence-corrected chi connectivity index (χ2v) is 7.81. The van der Waals surface area contributed by atoms with Gasteiger partial charge in [-0.1, -0.05) is 18.2 Å². The number of anilines is 2. The van der Waals surface area contributed by atoms with Gasteiger partial charge in [-0.3, -0.25) is 0 Å². The molecule has 142 valence electrons. The van der Waals surface area contributed by atoms with Gasteiger partial charge in [0.25, 0.3) is 0 Å². The van der Waals surface area contributed by atoms with Crippen molar-refractivity contribution in [2.45, 2.75) is 6.92 Å². The van der Waals surface area contributed by atoms with Crippen LogP contribution in [0.15, 0.2) is 36.4 Å². The minimum absolute atomic E-state index is 0.0972. The Morgan fingerprint density at radius 3 is 2.54 bits per heavy atom. The highest BCUT2D eigenvalue weighted by molar-refractivity contribution is 7.89. The first kappa shape index (κ1) is 19.9. The van der Waals surface area contributed by atoms with Crippen LogP contribution in [0.5, 0.6) is 5.75 Å². The van der Waals surface area contributed by atoms with Crippen molar-refractivity contribution in [3.05, 3.63) is 42.1 Å². The van der Waals surface area contributed by atoms with E-state index in [-0.39, 0.29) is 18.9 Å². The molecule has 0 aliphatic carbocycles. The molecule has 0 amide bonds. The summed E-state index contributed by atoms with van der Waals surface area (Å²) in [6.45, 7) is 2.60. The zero-order chi connectivity index (χ0) is 19.0. The largest absolute Gasteiger partial charge is 0.492 e. The molecule has 1 heterocycles. The third-order valence-corrected chi connectivity index (χ3v) is 4.74. The number of rotatable bonds is 10. The van der Waals surface area contributed by atoms with Crippen molar-refractivity contribution >= 4 is 21.8 Å². The zero-order valence-corrected chi connectivity index (χ0v) is 16.1. The Labute approximate surface area is 154 Å². The Balaban J connectivity index is 1.73. The number of ether oxygens (including phenoxy) is 1. The van der Waals surface area contributed by atoms with E-state index < -0.39 is 10.0 Å². The van der Waals surface area contributed by atoms with Gasteiger partial charge in [-0.2, -0.15) is 4.98 Å². The molecule has 0 saturated carbocycles. The number of hydrogen-bond acceptors (Lipinski definition) is 7. The van der Waals surface area contributed by atoms with E-state index >= 15 is 0 Å². The van der Waals surface area contributed by atoms with Crippen LogP contribution < -0.4 is 19.7 Å². The third-order valence-electron chi connectivity index (χ3n) is 3.39. The van der Waals surface area contributed by atoms with Gasteiger partial charge in [0.05, 0.1) is 5.75 Å². The molecule has 0 saturated heterocycles. The molecule has 0 unspecified atom stereocenters. The van der Waals surface area contributed by atoms with Gasteiger partial charge in [-0.15, -0.1) is 0 Å². The van der Waals surface area contributed by atoms with Crippen LogP contribution in [0.1, 0.15) is 5.69 Å². The molecule has 0 atom stereocenters. The SMILES string of the molecule is Cc1cc(N(C)C)nc(NCCNS(=O)(=O)CCOc2ccccc2)n1. The fraction of sp³-hybridized carbons (Fsp3) is 0.412. The van der Waals surface area contributed by atoms with Crippen molar-refractivity contribution in [3.63, 3.8) is 0 Å². The summed E-state index contributed by atoms with van der Waals surface area (Å²) in [6.07, 6.45) is 0. The number of sulfonamides is 1. The fourth-order valence-corrected chi connectivity index (χ4v) is 2.96. The monoisotopic (exact) mass is 379 g/mol. The molecule has 0 fully saturated rings. The quantitative estimate of drug-likeness (QED) is 0.600. The maximum atomic E-state index is 12.0. The molecule has 0 radical (unpaired) electrons. The summed E-state index contributed by atoms with van der Waals surface area (Å²) in [7, 11) is 0.400. The maximum absolute atomic E-state index is 12.0. The Morgan fingerprint density at radius 1 is 1.12 bits per heavy atom. The summed E-state index contributed by atoms with van der Waals surface area (Å²) >= 11 is 0. The average molecular weight is 379 g/mol. The molecular formula is C17H25N5O3S.